The Morgan fingerprint density at radius 3 is 2.55 bits per heavy atom. The van der Waals surface area contributed by atoms with Crippen molar-refractivity contribution in [2.75, 3.05) is 0 Å². The first-order valence-corrected chi connectivity index (χ1v) is 4.71. The van der Waals surface area contributed by atoms with Crippen LogP contribution in [0.25, 0.3) is 0 Å². The molecule has 0 aliphatic rings. The largest absolute Gasteiger partial charge is 0.302 e. The molecule has 2 heteroatoms. The minimum absolute atomic E-state index is 0.106. The van der Waals surface area contributed by atoms with Crippen LogP contribution in [-0.2, 0) is 11.2 Å². The van der Waals surface area contributed by atoms with Crippen LogP contribution in [0.4, 0.5) is 0 Å². The standard InChI is InChI=1S/C9H9IO/c10-9(7-11)6-8-4-2-1-3-5-8/h1-5,7,9H,6H2/t9-/m1/s1. The molecule has 1 atom stereocenters. The predicted octanol–water partition coefficient (Wildman–Crippen LogP) is 2.23. The Hall–Kier alpha value is -0.380. The summed E-state index contributed by atoms with van der Waals surface area (Å²) >= 11 is 2.14. The van der Waals surface area contributed by atoms with Crippen molar-refractivity contribution < 1.29 is 4.79 Å². The number of hydrogen-bond acceptors (Lipinski definition) is 1. The number of aldehydes is 1. The van der Waals surface area contributed by atoms with Gasteiger partial charge in [-0.15, -0.1) is 0 Å². The van der Waals surface area contributed by atoms with Crippen molar-refractivity contribution in [2.24, 2.45) is 0 Å². The molecule has 0 aliphatic heterocycles. The third-order valence-corrected chi connectivity index (χ3v) is 2.16. The molecule has 0 saturated carbocycles. The van der Waals surface area contributed by atoms with E-state index in [4.69, 9.17) is 0 Å². The molecule has 1 rings (SSSR count). The molecule has 1 aromatic rings. The third kappa shape index (κ3) is 3.01. The average molecular weight is 260 g/mol. The first-order chi connectivity index (χ1) is 5.33. The minimum atomic E-state index is 0.106. The molecule has 0 spiro atoms. The number of carbonyl (C=O) groups is 1. The van der Waals surface area contributed by atoms with E-state index in [1.807, 2.05) is 30.3 Å². The van der Waals surface area contributed by atoms with Crippen LogP contribution in [0.1, 0.15) is 5.56 Å². The lowest BCUT2D eigenvalue weighted by Crippen LogP contribution is -2.02. The first kappa shape index (κ1) is 8.71. The lowest BCUT2D eigenvalue weighted by atomic mass is 10.1. The highest BCUT2D eigenvalue weighted by Gasteiger charge is 2.01. The predicted molar refractivity (Wildman–Crippen MR) is 54.0 cm³/mol. The summed E-state index contributed by atoms with van der Waals surface area (Å²) in [5.74, 6) is 0. The lowest BCUT2D eigenvalue weighted by Gasteiger charge is -2.00. The highest BCUT2D eigenvalue weighted by atomic mass is 127. The zero-order chi connectivity index (χ0) is 8.10. The van der Waals surface area contributed by atoms with E-state index in [0.29, 0.717) is 0 Å². The second-order valence-electron chi connectivity index (χ2n) is 2.34. The van der Waals surface area contributed by atoms with E-state index in [1.54, 1.807) is 0 Å². The quantitative estimate of drug-likeness (QED) is 0.462. The number of alkyl halides is 1. The highest BCUT2D eigenvalue weighted by molar-refractivity contribution is 14.1. The number of hydrogen-bond donors (Lipinski definition) is 0. The summed E-state index contributed by atoms with van der Waals surface area (Å²) < 4.78 is 0.106. The number of carbonyl (C=O) groups excluding carboxylic acids is 1. The highest BCUT2D eigenvalue weighted by Crippen LogP contribution is 2.07. The molecule has 0 aliphatic carbocycles. The van der Waals surface area contributed by atoms with E-state index in [9.17, 15) is 4.79 Å². The van der Waals surface area contributed by atoms with Gasteiger partial charge in [0.1, 0.15) is 6.29 Å². The van der Waals surface area contributed by atoms with Gasteiger partial charge in [-0.1, -0.05) is 52.9 Å². The summed E-state index contributed by atoms with van der Waals surface area (Å²) in [6.07, 6.45) is 1.82. The van der Waals surface area contributed by atoms with Crippen LogP contribution in [0.3, 0.4) is 0 Å². The third-order valence-electron chi connectivity index (χ3n) is 1.42. The fraction of sp³-hybridized carbons (Fsp3) is 0.222. The summed E-state index contributed by atoms with van der Waals surface area (Å²) in [6.45, 7) is 0. The van der Waals surface area contributed by atoms with Crippen LogP contribution >= 0.6 is 22.6 Å². The lowest BCUT2D eigenvalue weighted by molar-refractivity contribution is -0.107. The van der Waals surface area contributed by atoms with Crippen molar-refractivity contribution in [1.82, 2.24) is 0 Å². The van der Waals surface area contributed by atoms with Gasteiger partial charge in [0.15, 0.2) is 0 Å². The Labute approximate surface area is 79.9 Å². The number of benzene rings is 1. The van der Waals surface area contributed by atoms with Gasteiger partial charge >= 0.3 is 0 Å². The molecular weight excluding hydrogens is 251 g/mol. The molecule has 0 fully saturated rings. The second-order valence-corrected chi connectivity index (χ2v) is 3.94. The van der Waals surface area contributed by atoms with Gasteiger partial charge in [0.2, 0.25) is 0 Å². The Kier molecular flexibility index (Phi) is 3.56. The van der Waals surface area contributed by atoms with Gasteiger partial charge in [0, 0.05) is 0 Å². The number of halogens is 1. The summed E-state index contributed by atoms with van der Waals surface area (Å²) in [5, 5.41) is 0. The van der Waals surface area contributed by atoms with Gasteiger partial charge in [-0.05, 0) is 12.0 Å². The van der Waals surface area contributed by atoms with Gasteiger partial charge in [-0.25, -0.2) is 0 Å². The van der Waals surface area contributed by atoms with Gasteiger partial charge in [-0.3, -0.25) is 0 Å². The van der Waals surface area contributed by atoms with Crippen LogP contribution in [-0.4, -0.2) is 10.2 Å². The van der Waals surface area contributed by atoms with Crippen molar-refractivity contribution >= 4 is 28.9 Å². The Morgan fingerprint density at radius 2 is 2.00 bits per heavy atom. The maximum absolute atomic E-state index is 10.3. The van der Waals surface area contributed by atoms with Crippen molar-refractivity contribution in [3.05, 3.63) is 35.9 Å². The van der Waals surface area contributed by atoms with Crippen molar-refractivity contribution in [1.29, 1.82) is 0 Å². The van der Waals surface area contributed by atoms with Crippen LogP contribution in [0.2, 0.25) is 0 Å². The zero-order valence-corrected chi connectivity index (χ0v) is 8.19. The van der Waals surface area contributed by atoms with Gasteiger partial charge in [-0.2, -0.15) is 0 Å². The summed E-state index contributed by atoms with van der Waals surface area (Å²) in [4.78, 5) is 10.3. The van der Waals surface area contributed by atoms with Gasteiger partial charge in [0.05, 0.1) is 3.92 Å². The van der Waals surface area contributed by atoms with E-state index in [0.717, 1.165) is 12.7 Å². The Balaban J connectivity index is 2.57. The smallest absolute Gasteiger partial charge is 0.133 e. The minimum Gasteiger partial charge on any atom is -0.302 e. The Bertz CT molecular complexity index is 220. The molecule has 0 unspecified atom stereocenters. The number of rotatable bonds is 3. The fourth-order valence-electron chi connectivity index (χ4n) is 0.887. The molecule has 58 valence electrons. The fourth-order valence-corrected chi connectivity index (χ4v) is 1.40. The summed E-state index contributed by atoms with van der Waals surface area (Å²) in [5.41, 5.74) is 1.22. The molecule has 0 bridgehead atoms. The molecule has 0 saturated heterocycles. The van der Waals surface area contributed by atoms with Gasteiger partial charge < -0.3 is 4.79 Å². The normalized spacial score (nSPS) is 12.5. The molecular formula is C9H9IO. The maximum Gasteiger partial charge on any atom is 0.133 e. The molecule has 0 N–H and O–H groups in total. The summed E-state index contributed by atoms with van der Waals surface area (Å²) in [6, 6.07) is 10.0. The monoisotopic (exact) mass is 260 g/mol. The zero-order valence-electron chi connectivity index (χ0n) is 6.03. The van der Waals surface area contributed by atoms with Crippen LogP contribution in [0, 0.1) is 0 Å². The van der Waals surface area contributed by atoms with E-state index in [1.165, 1.54) is 5.56 Å². The van der Waals surface area contributed by atoms with E-state index in [2.05, 4.69) is 22.6 Å². The van der Waals surface area contributed by atoms with Crippen LogP contribution in [0.5, 0.6) is 0 Å². The van der Waals surface area contributed by atoms with E-state index >= 15 is 0 Å². The molecule has 1 aromatic carbocycles. The van der Waals surface area contributed by atoms with E-state index < -0.39 is 0 Å². The molecule has 11 heavy (non-hydrogen) atoms. The van der Waals surface area contributed by atoms with Crippen molar-refractivity contribution in [2.45, 2.75) is 10.3 Å². The maximum atomic E-state index is 10.3. The molecule has 0 aromatic heterocycles. The molecule has 1 nitrogen and oxygen atoms in total. The van der Waals surface area contributed by atoms with Crippen LogP contribution < -0.4 is 0 Å². The average Bonchev–Trinajstić information content (AvgIpc) is 2.06. The first-order valence-electron chi connectivity index (χ1n) is 3.46. The SMILES string of the molecule is O=C[C@H](I)Cc1ccccc1. The van der Waals surface area contributed by atoms with E-state index in [-0.39, 0.29) is 3.92 Å². The summed E-state index contributed by atoms with van der Waals surface area (Å²) in [7, 11) is 0. The Morgan fingerprint density at radius 1 is 1.36 bits per heavy atom. The molecule has 0 amide bonds. The van der Waals surface area contributed by atoms with Gasteiger partial charge in [0.25, 0.3) is 0 Å². The second kappa shape index (κ2) is 4.49. The molecule has 0 radical (unpaired) electrons. The van der Waals surface area contributed by atoms with Crippen molar-refractivity contribution in [3.8, 4) is 0 Å². The molecule has 0 heterocycles. The van der Waals surface area contributed by atoms with Crippen molar-refractivity contribution in [3.63, 3.8) is 0 Å². The van der Waals surface area contributed by atoms with Crippen LogP contribution in [0.15, 0.2) is 30.3 Å². The topological polar surface area (TPSA) is 17.1 Å².